The van der Waals surface area contributed by atoms with Gasteiger partial charge in [-0.2, -0.15) is 0 Å². The summed E-state index contributed by atoms with van der Waals surface area (Å²) in [6.45, 7) is 0. The Morgan fingerprint density at radius 2 is 1.43 bits per heavy atom. The van der Waals surface area contributed by atoms with Gasteiger partial charge in [0.25, 0.3) is 0 Å². The van der Waals surface area contributed by atoms with Crippen LogP contribution in [0.15, 0.2) is 0 Å². The average Bonchev–Trinajstić information content (AvgIpc) is 0.722. The Bertz CT molecular complexity index is 96.1. The van der Waals surface area contributed by atoms with Crippen LogP contribution in [-0.4, -0.2) is 13.3 Å². The molecule has 0 spiro atoms. The van der Waals surface area contributed by atoms with Gasteiger partial charge in [-0.15, -0.1) is 9.05 Å². The molecule has 0 aliphatic heterocycles. The van der Waals surface area contributed by atoms with Crippen LogP contribution in [0.3, 0.4) is 0 Å². The molecule has 3 nitrogen and oxygen atoms in total. The first-order valence-corrected chi connectivity index (χ1v) is 3.00. The molecule has 0 aromatic rings. The van der Waals surface area contributed by atoms with Crippen molar-refractivity contribution in [2.45, 2.75) is 0 Å². The fourth-order valence-electron chi connectivity index (χ4n) is 0. The van der Waals surface area contributed by atoms with Gasteiger partial charge in [0, 0.05) is 0 Å². The van der Waals surface area contributed by atoms with E-state index in [2.05, 4.69) is 11.2 Å². The van der Waals surface area contributed by atoms with Gasteiger partial charge in [0.15, 0.2) is 0 Å². The van der Waals surface area contributed by atoms with Crippen LogP contribution in [0.25, 0.3) is 0 Å². The van der Waals surface area contributed by atoms with Gasteiger partial charge in [0.2, 0.25) is 0 Å². The van der Waals surface area contributed by atoms with E-state index >= 15 is 0 Å². The first-order chi connectivity index (χ1) is 2.00. The predicted molar refractivity (Wildman–Crippen MR) is 17.1 cm³/mol. The normalized spacial score (nSPS) is 8.29. The van der Waals surface area contributed by atoms with Crippen molar-refractivity contribution in [2.24, 2.45) is 0 Å². The molecule has 40 valence electrons. The molecular formula is NaO3PdS2+. The zero-order valence-electron chi connectivity index (χ0n) is 3.36. The van der Waals surface area contributed by atoms with Gasteiger partial charge in [0.05, 0.1) is 0 Å². The zero-order valence-corrected chi connectivity index (χ0v) is 8.55. The minimum atomic E-state index is -4.33. The summed E-state index contributed by atoms with van der Waals surface area (Å²) in [5.74, 6) is 0. The van der Waals surface area contributed by atoms with Crippen LogP contribution < -0.4 is 29.6 Å². The van der Waals surface area contributed by atoms with Gasteiger partial charge >= 0.3 is 50.0 Å². The molecule has 0 bridgehead atoms. The summed E-state index contributed by atoms with van der Waals surface area (Å²) in [5, 5.41) is 0. The molecule has 0 saturated heterocycles. The van der Waals surface area contributed by atoms with Gasteiger partial charge in [-0.3, -0.25) is 4.21 Å². The van der Waals surface area contributed by atoms with Gasteiger partial charge in [-0.05, 0) is 11.2 Å². The molecule has 0 aromatic carbocycles. The van der Waals surface area contributed by atoms with Crippen molar-refractivity contribution in [1.29, 1.82) is 0 Å². The van der Waals surface area contributed by atoms with Gasteiger partial charge in [-0.1, -0.05) is 0 Å². The zero-order chi connectivity index (χ0) is 4.50. The molecule has 0 N–H and O–H groups in total. The van der Waals surface area contributed by atoms with Crippen LogP contribution in [0.1, 0.15) is 0 Å². The number of rotatable bonds is 0. The fourth-order valence-corrected chi connectivity index (χ4v) is 0. The van der Waals surface area contributed by atoms with E-state index in [9.17, 15) is 0 Å². The van der Waals surface area contributed by atoms with E-state index in [0.717, 1.165) is 0 Å². The molecule has 0 amide bonds. The molecule has 0 aliphatic rings. The molecule has 0 aliphatic carbocycles. The van der Waals surface area contributed by atoms with Crippen molar-refractivity contribution < 1.29 is 63.3 Å². The summed E-state index contributed by atoms with van der Waals surface area (Å²) in [4.78, 5) is 0. The second kappa shape index (κ2) is 6.08. The van der Waals surface area contributed by atoms with Crippen molar-refractivity contribution in [2.75, 3.05) is 0 Å². The van der Waals surface area contributed by atoms with Crippen molar-refractivity contribution >= 4 is 20.2 Å². The van der Waals surface area contributed by atoms with Gasteiger partial charge in [0.1, 0.15) is 0 Å². The third-order valence-electron chi connectivity index (χ3n) is 0. The smallest absolute Gasteiger partial charge is 0.780 e. The maximum atomic E-state index is 8.89. The van der Waals surface area contributed by atoms with Crippen LogP contribution in [0.4, 0.5) is 0 Å². The molecule has 0 aromatic heterocycles. The van der Waals surface area contributed by atoms with E-state index in [4.69, 9.17) is 13.3 Å². The van der Waals surface area contributed by atoms with E-state index in [-0.39, 0.29) is 50.0 Å². The van der Waals surface area contributed by atoms with Crippen LogP contribution in [0, 0.1) is 0 Å². The standard InChI is InChI=1S/Na.H2O3S2.Pd/c;1-5(2,3)4;/h;(H2,1,2,3,4);/q+1;;+2/p-2. The Morgan fingerprint density at radius 3 is 1.43 bits per heavy atom. The van der Waals surface area contributed by atoms with Crippen molar-refractivity contribution in [3.8, 4) is 0 Å². The third kappa shape index (κ3) is 73.9. The summed E-state index contributed by atoms with van der Waals surface area (Å²) in [7, 11) is -4.33. The first kappa shape index (κ1) is 16.0. The molecular weight excluding hydrogens is 242 g/mol. The van der Waals surface area contributed by atoms with E-state index < -0.39 is 9.05 Å². The van der Waals surface area contributed by atoms with Crippen molar-refractivity contribution in [1.82, 2.24) is 0 Å². The third-order valence-corrected chi connectivity index (χ3v) is 0. The van der Waals surface area contributed by atoms with E-state index in [1.165, 1.54) is 0 Å². The fraction of sp³-hybridized carbons (Fsp3) is 0. The quantitative estimate of drug-likeness (QED) is 0.406. The molecule has 0 radical (unpaired) electrons. The maximum Gasteiger partial charge on any atom is 2.00 e. The second-order valence-electron chi connectivity index (χ2n) is 0.408. The minimum absolute atomic E-state index is 0. The van der Waals surface area contributed by atoms with Gasteiger partial charge < -0.3 is 9.11 Å². The average molecular weight is 242 g/mol. The van der Waals surface area contributed by atoms with E-state index in [1.54, 1.807) is 0 Å². The molecule has 7 heavy (non-hydrogen) atoms. The monoisotopic (exact) mass is 241 g/mol. The van der Waals surface area contributed by atoms with Crippen molar-refractivity contribution in [3.05, 3.63) is 0 Å². The van der Waals surface area contributed by atoms with E-state index in [0.29, 0.717) is 0 Å². The Morgan fingerprint density at radius 1 is 1.43 bits per heavy atom. The Labute approximate surface area is 82.5 Å². The summed E-state index contributed by atoms with van der Waals surface area (Å²) in [6, 6.07) is 0. The van der Waals surface area contributed by atoms with Crippen LogP contribution in [-0.2, 0) is 40.7 Å². The van der Waals surface area contributed by atoms with Crippen molar-refractivity contribution in [3.63, 3.8) is 0 Å². The molecule has 0 saturated carbocycles. The molecule has 7 heteroatoms. The summed E-state index contributed by atoms with van der Waals surface area (Å²) >= 11 is 3.24. The Balaban J connectivity index is -0.0000000800. The molecule has 0 atom stereocenters. The number of hydrogen-bond donors (Lipinski definition) is 0. The largest absolute Gasteiger partial charge is 2.00 e. The Kier molecular flexibility index (Phi) is 13.9. The molecule has 0 unspecified atom stereocenters. The minimum Gasteiger partial charge on any atom is -0.780 e. The van der Waals surface area contributed by atoms with E-state index in [1.807, 2.05) is 0 Å². The molecule has 0 heterocycles. The maximum absolute atomic E-state index is 8.89. The summed E-state index contributed by atoms with van der Waals surface area (Å²) in [6.07, 6.45) is 0. The van der Waals surface area contributed by atoms with Crippen LogP contribution >= 0.6 is 0 Å². The summed E-state index contributed by atoms with van der Waals surface area (Å²) in [5.41, 5.74) is 0. The topological polar surface area (TPSA) is 63.2 Å². The first-order valence-electron chi connectivity index (χ1n) is 0.667. The number of hydrogen-bond acceptors (Lipinski definition) is 4. The second-order valence-corrected chi connectivity index (χ2v) is 2.45. The van der Waals surface area contributed by atoms with Crippen LogP contribution in [0.5, 0.6) is 0 Å². The predicted octanol–water partition coefficient (Wildman–Crippen LogP) is -4.00. The SMILES string of the molecule is O=S([O-])([O-])=S.[Na+].[Pd+2]. The summed E-state index contributed by atoms with van der Waals surface area (Å²) < 4.78 is 26.7. The van der Waals surface area contributed by atoms with Crippen LogP contribution in [0.2, 0.25) is 0 Å². The molecule has 0 rings (SSSR count). The Hall–Kier alpha value is 1.95. The molecule has 0 fully saturated rings. The van der Waals surface area contributed by atoms with Gasteiger partial charge in [-0.25, -0.2) is 0 Å².